The number of rotatable bonds is 4. The van der Waals surface area contributed by atoms with Gasteiger partial charge in [0, 0.05) is 6.04 Å². The average molecular weight is 360 g/mol. The predicted octanol–water partition coefficient (Wildman–Crippen LogP) is 2.92. The van der Waals surface area contributed by atoms with Crippen molar-refractivity contribution in [3.63, 3.8) is 0 Å². The van der Waals surface area contributed by atoms with Gasteiger partial charge in [0.15, 0.2) is 0 Å². The van der Waals surface area contributed by atoms with Gasteiger partial charge >= 0.3 is 0 Å². The second-order valence-corrected chi connectivity index (χ2v) is 8.27. The molecule has 0 heterocycles. The number of hydrogen-bond donors (Lipinski definition) is 1. The molecule has 0 amide bonds. The number of fused-ring (bicyclic) bond motifs is 2. The number of benzene rings is 1. The van der Waals surface area contributed by atoms with Crippen LogP contribution in [0.15, 0.2) is 27.6 Å². The van der Waals surface area contributed by atoms with Gasteiger partial charge in [-0.2, -0.15) is 0 Å². The third-order valence-corrected chi connectivity index (χ3v) is 6.59. The van der Waals surface area contributed by atoms with Crippen molar-refractivity contribution < 1.29 is 13.2 Å². The van der Waals surface area contributed by atoms with Crippen LogP contribution in [-0.4, -0.2) is 21.6 Å². The molecule has 0 radical (unpaired) electrons. The lowest BCUT2D eigenvalue weighted by Gasteiger charge is -2.22. The Morgan fingerprint density at radius 2 is 2.10 bits per heavy atom. The molecule has 0 saturated heterocycles. The van der Waals surface area contributed by atoms with Gasteiger partial charge in [-0.05, 0) is 65.2 Å². The normalized spacial score (nSPS) is 28.8. The molecule has 2 aliphatic carbocycles. The lowest BCUT2D eigenvalue weighted by Crippen LogP contribution is -2.38. The summed E-state index contributed by atoms with van der Waals surface area (Å²) in [6.45, 7) is 0. The van der Waals surface area contributed by atoms with Crippen LogP contribution < -0.4 is 9.46 Å². The molecule has 1 aromatic carbocycles. The Labute approximate surface area is 128 Å². The molecule has 2 saturated carbocycles. The van der Waals surface area contributed by atoms with E-state index in [2.05, 4.69) is 20.7 Å². The van der Waals surface area contributed by atoms with Crippen molar-refractivity contribution in [1.82, 2.24) is 4.72 Å². The standard InChI is InChI=1S/C14H18BrNO3S/c1-19-14-5-4-11(8-12(14)15)20(17,18)16-13-7-9-2-3-10(13)6-9/h4-5,8-10,13,16H,2-3,6-7H2,1H3/t9-,10+,13-/m1/s1. The van der Waals surface area contributed by atoms with E-state index in [4.69, 9.17) is 4.74 Å². The topological polar surface area (TPSA) is 55.4 Å². The summed E-state index contributed by atoms with van der Waals surface area (Å²) < 4.78 is 33.5. The van der Waals surface area contributed by atoms with E-state index in [9.17, 15) is 8.42 Å². The number of sulfonamides is 1. The third kappa shape index (κ3) is 2.61. The van der Waals surface area contributed by atoms with Gasteiger partial charge in [-0.3, -0.25) is 0 Å². The minimum Gasteiger partial charge on any atom is -0.496 e. The zero-order chi connectivity index (χ0) is 14.3. The number of hydrogen-bond acceptors (Lipinski definition) is 3. The highest BCUT2D eigenvalue weighted by Gasteiger charge is 2.41. The van der Waals surface area contributed by atoms with Gasteiger partial charge in [-0.1, -0.05) is 6.42 Å². The van der Waals surface area contributed by atoms with E-state index in [1.54, 1.807) is 25.3 Å². The first-order chi connectivity index (χ1) is 9.49. The minimum atomic E-state index is -3.45. The number of halogens is 1. The fourth-order valence-corrected chi connectivity index (χ4v) is 5.51. The summed E-state index contributed by atoms with van der Waals surface area (Å²) in [6.07, 6.45) is 4.59. The molecule has 6 heteroatoms. The Morgan fingerprint density at radius 1 is 1.30 bits per heavy atom. The van der Waals surface area contributed by atoms with Crippen LogP contribution in [0.5, 0.6) is 5.75 Å². The summed E-state index contributed by atoms with van der Waals surface area (Å²) in [5.74, 6) is 1.87. The van der Waals surface area contributed by atoms with Gasteiger partial charge < -0.3 is 4.74 Å². The van der Waals surface area contributed by atoms with Crippen LogP contribution in [0.25, 0.3) is 0 Å². The molecule has 1 aromatic rings. The summed E-state index contributed by atoms with van der Waals surface area (Å²) in [6, 6.07) is 4.95. The molecule has 2 fully saturated rings. The number of ether oxygens (including phenoxy) is 1. The molecule has 20 heavy (non-hydrogen) atoms. The Kier molecular flexibility index (Phi) is 3.81. The Hall–Kier alpha value is -0.590. The molecule has 3 rings (SSSR count). The first kappa shape index (κ1) is 14.4. The summed E-state index contributed by atoms with van der Waals surface area (Å²) in [5, 5.41) is 0. The van der Waals surface area contributed by atoms with Crippen LogP contribution >= 0.6 is 15.9 Å². The molecule has 0 aromatic heterocycles. The quantitative estimate of drug-likeness (QED) is 0.898. The zero-order valence-electron chi connectivity index (χ0n) is 11.3. The zero-order valence-corrected chi connectivity index (χ0v) is 13.7. The summed E-state index contributed by atoms with van der Waals surface area (Å²) in [7, 11) is -1.89. The van der Waals surface area contributed by atoms with Crippen LogP contribution in [0.4, 0.5) is 0 Å². The lowest BCUT2D eigenvalue weighted by atomic mass is 9.96. The van der Waals surface area contributed by atoms with Gasteiger partial charge in [0.1, 0.15) is 5.75 Å². The predicted molar refractivity (Wildman–Crippen MR) is 80.3 cm³/mol. The molecular weight excluding hydrogens is 342 g/mol. The fourth-order valence-electron chi connectivity index (χ4n) is 3.47. The van der Waals surface area contributed by atoms with Crippen molar-refractivity contribution in [2.45, 2.75) is 36.6 Å². The molecule has 1 N–H and O–H groups in total. The molecule has 3 atom stereocenters. The van der Waals surface area contributed by atoms with E-state index in [0.717, 1.165) is 18.8 Å². The Balaban J connectivity index is 1.79. The highest BCUT2D eigenvalue weighted by atomic mass is 79.9. The molecule has 0 unspecified atom stereocenters. The average Bonchev–Trinajstić information content (AvgIpc) is 3.00. The lowest BCUT2D eigenvalue weighted by molar-refractivity contribution is 0.390. The van der Waals surface area contributed by atoms with Crippen molar-refractivity contribution in [1.29, 1.82) is 0 Å². The summed E-state index contributed by atoms with van der Waals surface area (Å²) >= 11 is 3.33. The van der Waals surface area contributed by atoms with Gasteiger partial charge in [-0.25, -0.2) is 13.1 Å². The van der Waals surface area contributed by atoms with E-state index in [1.165, 1.54) is 12.8 Å². The van der Waals surface area contributed by atoms with Crippen molar-refractivity contribution in [3.05, 3.63) is 22.7 Å². The van der Waals surface area contributed by atoms with Crippen LogP contribution in [0.1, 0.15) is 25.7 Å². The van der Waals surface area contributed by atoms with Gasteiger partial charge in [0.05, 0.1) is 16.5 Å². The molecular formula is C14H18BrNO3S. The van der Waals surface area contributed by atoms with Crippen LogP contribution in [0.3, 0.4) is 0 Å². The summed E-state index contributed by atoms with van der Waals surface area (Å²) in [4.78, 5) is 0.285. The van der Waals surface area contributed by atoms with E-state index in [1.807, 2.05) is 0 Å². The van der Waals surface area contributed by atoms with Gasteiger partial charge in [0.25, 0.3) is 0 Å². The van der Waals surface area contributed by atoms with Gasteiger partial charge in [-0.15, -0.1) is 0 Å². The van der Waals surface area contributed by atoms with Crippen LogP contribution in [0.2, 0.25) is 0 Å². The Bertz CT molecular complexity index is 617. The first-order valence-corrected chi connectivity index (χ1v) is 9.13. The molecule has 0 spiro atoms. The smallest absolute Gasteiger partial charge is 0.240 e. The van der Waals surface area contributed by atoms with Gasteiger partial charge in [0.2, 0.25) is 10.0 Å². The fraction of sp³-hybridized carbons (Fsp3) is 0.571. The van der Waals surface area contributed by atoms with Crippen molar-refractivity contribution in [2.24, 2.45) is 11.8 Å². The maximum Gasteiger partial charge on any atom is 0.240 e. The molecule has 110 valence electrons. The second kappa shape index (κ2) is 5.31. The first-order valence-electron chi connectivity index (χ1n) is 6.85. The number of nitrogens with one attached hydrogen (secondary N) is 1. The van der Waals surface area contributed by atoms with Crippen LogP contribution in [-0.2, 0) is 10.0 Å². The second-order valence-electron chi connectivity index (χ2n) is 5.70. The molecule has 2 bridgehead atoms. The maximum atomic E-state index is 12.4. The minimum absolute atomic E-state index is 0.111. The van der Waals surface area contributed by atoms with E-state index in [0.29, 0.717) is 16.1 Å². The monoisotopic (exact) mass is 359 g/mol. The third-order valence-electron chi connectivity index (χ3n) is 4.48. The molecule has 4 nitrogen and oxygen atoms in total. The SMILES string of the molecule is COc1ccc(S(=O)(=O)N[C@@H]2C[C@@H]3CC[C@H]2C3)cc1Br. The van der Waals surface area contributed by atoms with E-state index in [-0.39, 0.29) is 10.9 Å². The largest absolute Gasteiger partial charge is 0.496 e. The molecule has 2 aliphatic rings. The van der Waals surface area contributed by atoms with E-state index >= 15 is 0 Å². The van der Waals surface area contributed by atoms with Crippen molar-refractivity contribution >= 4 is 26.0 Å². The van der Waals surface area contributed by atoms with Crippen molar-refractivity contribution in [3.8, 4) is 5.75 Å². The Morgan fingerprint density at radius 3 is 2.65 bits per heavy atom. The van der Waals surface area contributed by atoms with Crippen molar-refractivity contribution in [2.75, 3.05) is 7.11 Å². The maximum absolute atomic E-state index is 12.4. The van der Waals surface area contributed by atoms with Crippen LogP contribution in [0, 0.1) is 11.8 Å². The highest BCUT2D eigenvalue weighted by molar-refractivity contribution is 9.10. The summed E-state index contributed by atoms with van der Waals surface area (Å²) in [5.41, 5.74) is 0. The van der Waals surface area contributed by atoms with E-state index < -0.39 is 10.0 Å². The number of methoxy groups -OCH3 is 1. The molecule has 0 aliphatic heterocycles. The highest BCUT2D eigenvalue weighted by Crippen LogP contribution is 2.44.